The number of aryl methyl sites for hydroxylation is 1. The van der Waals surface area contributed by atoms with E-state index in [1.165, 1.54) is 11.3 Å². The van der Waals surface area contributed by atoms with E-state index in [4.69, 9.17) is 11.6 Å². The largest absolute Gasteiger partial charge is 0.330 e. The summed E-state index contributed by atoms with van der Waals surface area (Å²) in [5, 5.41) is 12.9. The van der Waals surface area contributed by atoms with E-state index in [0.717, 1.165) is 37.9 Å². The number of Topliss-reactive ketones (excluding diaryl/α,β-unsaturated/α-hetero) is 1. The molecular formula is C14H16ClN3OS2. The summed E-state index contributed by atoms with van der Waals surface area (Å²) < 4.78 is 0.902. The van der Waals surface area contributed by atoms with Gasteiger partial charge in [0.25, 0.3) is 0 Å². The van der Waals surface area contributed by atoms with Crippen LogP contribution in [0.4, 0.5) is 10.8 Å². The van der Waals surface area contributed by atoms with Crippen molar-refractivity contribution in [2.24, 2.45) is 0 Å². The van der Waals surface area contributed by atoms with Crippen molar-refractivity contribution in [2.75, 3.05) is 11.1 Å². The summed E-state index contributed by atoms with van der Waals surface area (Å²) in [6.07, 6.45) is 1.49. The SMILES string of the molecule is CC(=O)CCCSc1nnc(Nc2ccc(C)c(Cl)c2)s1. The molecule has 4 nitrogen and oxygen atoms in total. The highest BCUT2D eigenvalue weighted by Gasteiger charge is 2.06. The first-order valence-corrected chi connectivity index (χ1v) is 8.71. The van der Waals surface area contributed by atoms with Crippen LogP contribution in [-0.2, 0) is 4.79 Å². The third-order valence-corrected chi connectivity index (χ3v) is 5.19. The van der Waals surface area contributed by atoms with Crippen LogP contribution in [-0.4, -0.2) is 21.7 Å². The van der Waals surface area contributed by atoms with Crippen LogP contribution in [0.5, 0.6) is 0 Å². The molecule has 1 aromatic carbocycles. The Labute approximate surface area is 137 Å². The molecule has 0 fully saturated rings. The number of ketones is 1. The van der Waals surface area contributed by atoms with Gasteiger partial charge in [-0.15, -0.1) is 10.2 Å². The van der Waals surface area contributed by atoms with Gasteiger partial charge in [0.2, 0.25) is 5.13 Å². The number of anilines is 2. The fourth-order valence-electron chi connectivity index (χ4n) is 1.59. The normalized spacial score (nSPS) is 10.6. The molecule has 0 radical (unpaired) electrons. The monoisotopic (exact) mass is 341 g/mol. The molecule has 0 aliphatic heterocycles. The average Bonchev–Trinajstić information content (AvgIpc) is 2.86. The van der Waals surface area contributed by atoms with Gasteiger partial charge in [-0.05, 0) is 38.0 Å². The number of thioether (sulfide) groups is 1. The molecule has 0 atom stereocenters. The molecule has 7 heteroatoms. The lowest BCUT2D eigenvalue weighted by atomic mass is 10.2. The smallest absolute Gasteiger partial charge is 0.210 e. The van der Waals surface area contributed by atoms with E-state index < -0.39 is 0 Å². The summed E-state index contributed by atoms with van der Waals surface area (Å²) in [6, 6.07) is 5.80. The third-order valence-electron chi connectivity index (χ3n) is 2.73. The van der Waals surface area contributed by atoms with E-state index in [-0.39, 0.29) is 5.78 Å². The number of aromatic nitrogens is 2. The van der Waals surface area contributed by atoms with Crippen molar-refractivity contribution < 1.29 is 4.79 Å². The maximum atomic E-state index is 10.9. The Hall–Kier alpha value is -1.11. The summed E-state index contributed by atoms with van der Waals surface area (Å²) in [5.41, 5.74) is 1.94. The van der Waals surface area contributed by atoms with E-state index in [0.29, 0.717) is 6.42 Å². The Morgan fingerprint density at radius 1 is 1.43 bits per heavy atom. The van der Waals surface area contributed by atoms with Crippen LogP contribution in [0.3, 0.4) is 0 Å². The molecule has 21 heavy (non-hydrogen) atoms. The standard InChI is InChI=1S/C14H16ClN3OS2/c1-9-5-6-11(8-12(9)15)16-13-17-18-14(21-13)20-7-3-4-10(2)19/h5-6,8H,3-4,7H2,1-2H3,(H,16,17). The predicted molar refractivity (Wildman–Crippen MR) is 90.0 cm³/mol. The Bertz CT molecular complexity index is 630. The first-order chi connectivity index (χ1) is 10.0. The molecule has 0 aliphatic carbocycles. The predicted octanol–water partition coefficient (Wildman–Crippen LogP) is 4.70. The van der Waals surface area contributed by atoms with E-state index >= 15 is 0 Å². The number of carbonyl (C=O) groups excluding carboxylic acids is 1. The number of rotatable bonds is 7. The second-order valence-corrected chi connectivity index (χ2v) is 7.34. The summed E-state index contributed by atoms with van der Waals surface area (Å²) in [6.45, 7) is 3.58. The summed E-state index contributed by atoms with van der Waals surface area (Å²) in [5.74, 6) is 1.11. The van der Waals surface area contributed by atoms with Crippen LogP contribution in [0.15, 0.2) is 22.5 Å². The fraction of sp³-hybridized carbons (Fsp3) is 0.357. The van der Waals surface area contributed by atoms with Crippen molar-refractivity contribution >= 4 is 51.3 Å². The number of nitrogens with one attached hydrogen (secondary N) is 1. The lowest BCUT2D eigenvalue weighted by Gasteiger charge is -2.03. The average molecular weight is 342 g/mol. The number of benzene rings is 1. The van der Waals surface area contributed by atoms with Gasteiger partial charge in [0.1, 0.15) is 5.78 Å². The number of hydrogen-bond acceptors (Lipinski definition) is 6. The van der Waals surface area contributed by atoms with Gasteiger partial charge < -0.3 is 10.1 Å². The van der Waals surface area contributed by atoms with E-state index in [2.05, 4.69) is 15.5 Å². The zero-order valence-corrected chi connectivity index (χ0v) is 14.2. The van der Waals surface area contributed by atoms with Gasteiger partial charge in [0.05, 0.1) is 0 Å². The molecule has 2 aromatic rings. The van der Waals surface area contributed by atoms with Gasteiger partial charge in [-0.1, -0.05) is 40.8 Å². The molecule has 0 unspecified atom stereocenters. The minimum absolute atomic E-state index is 0.228. The Morgan fingerprint density at radius 2 is 2.24 bits per heavy atom. The van der Waals surface area contributed by atoms with Crippen molar-refractivity contribution in [3.05, 3.63) is 28.8 Å². The quantitative estimate of drug-likeness (QED) is 0.584. The molecule has 0 spiro atoms. The van der Waals surface area contributed by atoms with Crippen LogP contribution in [0.1, 0.15) is 25.3 Å². The fourth-order valence-corrected chi connectivity index (χ4v) is 3.56. The second kappa shape index (κ2) is 7.77. The first-order valence-electron chi connectivity index (χ1n) is 6.53. The number of carbonyl (C=O) groups is 1. The van der Waals surface area contributed by atoms with E-state index in [9.17, 15) is 4.79 Å². The van der Waals surface area contributed by atoms with Crippen LogP contribution in [0, 0.1) is 6.92 Å². The molecule has 0 aliphatic rings. The minimum Gasteiger partial charge on any atom is -0.330 e. The Balaban J connectivity index is 1.87. The van der Waals surface area contributed by atoms with Crippen LogP contribution >= 0.6 is 34.7 Å². The summed E-state index contributed by atoms with van der Waals surface area (Å²) in [4.78, 5) is 10.9. The number of halogens is 1. The van der Waals surface area contributed by atoms with Crippen molar-refractivity contribution in [1.82, 2.24) is 10.2 Å². The zero-order chi connectivity index (χ0) is 15.2. The van der Waals surface area contributed by atoms with Gasteiger partial charge in [-0.25, -0.2) is 0 Å². The number of nitrogens with zero attached hydrogens (tertiary/aromatic N) is 2. The highest BCUT2D eigenvalue weighted by Crippen LogP contribution is 2.29. The summed E-state index contributed by atoms with van der Waals surface area (Å²) in [7, 11) is 0. The van der Waals surface area contributed by atoms with Crippen molar-refractivity contribution in [2.45, 2.75) is 31.0 Å². The Kier molecular flexibility index (Phi) is 6.02. The molecular weight excluding hydrogens is 326 g/mol. The maximum Gasteiger partial charge on any atom is 0.210 e. The molecule has 0 saturated carbocycles. The van der Waals surface area contributed by atoms with Crippen molar-refractivity contribution in [3.63, 3.8) is 0 Å². The minimum atomic E-state index is 0.228. The highest BCUT2D eigenvalue weighted by atomic mass is 35.5. The van der Waals surface area contributed by atoms with Gasteiger partial charge in [0.15, 0.2) is 4.34 Å². The Morgan fingerprint density at radius 3 is 2.95 bits per heavy atom. The first kappa shape index (κ1) is 16.3. The highest BCUT2D eigenvalue weighted by molar-refractivity contribution is 8.01. The van der Waals surface area contributed by atoms with Gasteiger partial charge in [0, 0.05) is 22.9 Å². The van der Waals surface area contributed by atoms with Gasteiger partial charge in [-0.2, -0.15) is 0 Å². The van der Waals surface area contributed by atoms with Crippen LogP contribution < -0.4 is 5.32 Å². The summed E-state index contributed by atoms with van der Waals surface area (Å²) >= 11 is 9.22. The maximum absolute atomic E-state index is 10.9. The molecule has 1 heterocycles. The molecule has 2 rings (SSSR count). The lowest BCUT2D eigenvalue weighted by Crippen LogP contribution is -1.90. The van der Waals surface area contributed by atoms with E-state index in [1.807, 2.05) is 25.1 Å². The topological polar surface area (TPSA) is 54.9 Å². The van der Waals surface area contributed by atoms with Gasteiger partial charge >= 0.3 is 0 Å². The molecule has 0 amide bonds. The lowest BCUT2D eigenvalue weighted by molar-refractivity contribution is -0.117. The van der Waals surface area contributed by atoms with Crippen LogP contribution in [0.25, 0.3) is 0 Å². The van der Waals surface area contributed by atoms with Gasteiger partial charge in [-0.3, -0.25) is 0 Å². The second-order valence-electron chi connectivity index (χ2n) is 4.62. The van der Waals surface area contributed by atoms with Crippen LogP contribution in [0.2, 0.25) is 5.02 Å². The molecule has 1 N–H and O–H groups in total. The molecule has 0 bridgehead atoms. The molecule has 1 aromatic heterocycles. The third kappa shape index (κ3) is 5.30. The molecule has 0 saturated heterocycles. The van der Waals surface area contributed by atoms with Crippen molar-refractivity contribution in [1.29, 1.82) is 0 Å². The van der Waals surface area contributed by atoms with E-state index in [1.54, 1.807) is 18.7 Å². The number of hydrogen-bond donors (Lipinski definition) is 1. The van der Waals surface area contributed by atoms with Crippen molar-refractivity contribution in [3.8, 4) is 0 Å². The zero-order valence-electron chi connectivity index (χ0n) is 11.9. The molecule has 112 valence electrons.